The maximum atomic E-state index is 14.3. The molecule has 1 unspecified atom stereocenters. The zero-order valence-corrected chi connectivity index (χ0v) is 13.9. The third-order valence-corrected chi connectivity index (χ3v) is 3.97. The Morgan fingerprint density at radius 2 is 1.96 bits per heavy atom. The van der Waals surface area contributed by atoms with E-state index in [9.17, 15) is 9.18 Å². The number of halogens is 1. The van der Waals surface area contributed by atoms with Crippen LogP contribution in [0, 0.1) is 17.1 Å². The molecule has 0 bridgehead atoms. The average molecular weight is 325 g/mol. The Labute approximate surface area is 141 Å². The van der Waals surface area contributed by atoms with Crippen LogP contribution in [0.1, 0.15) is 60.5 Å². The van der Waals surface area contributed by atoms with Gasteiger partial charge in [0, 0.05) is 0 Å². The normalized spacial score (nSPS) is 11.6. The van der Waals surface area contributed by atoms with E-state index in [1.54, 1.807) is 6.07 Å². The number of nitrogens with zero attached hydrogens (tertiary/aromatic N) is 1. The number of rotatable bonds is 6. The fourth-order valence-corrected chi connectivity index (χ4v) is 2.44. The van der Waals surface area contributed by atoms with E-state index in [2.05, 4.69) is 13.8 Å². The van der Waals surface area contributed by atoms with Crippen molar-refractivity contribution in [1.82, 2.24) is 0 Å². The lowest BCUT2D eigenvalue weighted by Gasteiger charge is -2.12. The zero-order valence-electron chi connectivity index (χ0n) is 13.9. The Morgan fingerprint density at radius 3 is 2.54 bits per heavy atom. The van der Waals surface area contributed by atoms with Gasteiger partial charge < -0.3 is 4.74 Å². The molecule has 0 heterocycles. The van der Waals surface area contributed by atoms with Gasteiger partial charge in [-0.1, -0.05) is 32.8 Å². The molecule has 2 rings (SSSR count). The van der Waals surface area contributed by atoms with Crippen LogP contribution >= 0.6 is 0 Å². The van der Waals surface area contributed by atoms with Gasteiger partial charge >= 0.3 is 5.97 Å². The quantitative estimate of drug-likeness (QED) is 0.541. The van der Waals surface area contributed by atoms with Gasteiger partial charge in [0.15, 0.2) is 0 Å². The van der Waals surface area contributed by atoms with Crippen LogP contribution in [0.4, 0.5) is 4.39 Å². The summed E-state index contributed by atoms with van der Waals surface area (Å²) in [5.74, 6) is -0.790. The summed E-state index contributed by atoms with van der Waals surface area (Å²) < 4.78 is 19.4. The van der Waals surface area contributed by atoms with Crippen LogP contribution in [0.25, 0.3) is 0 Å². The first-order valence-electron chi connectivity index (χ1n) is 8.07. The number of hydrogen-bond donors (Lipinski definition) is 0. The molecule has 0 aliphatic carbocycles. The summed E-state index contributed by atoms with van der Waals surface area (Å²) in [5.41, 5.74) is 1.26. The topological polar surface area (TPSA) is 50.1 Å². The summed E-state index contributed by atoms with van der Waals surface area (Å²) in [5, 5.41) is 8.74. The van der Waals surface area contributed by atoms with Crippen LogP contribution in [0.5, 0.6) is 5.75 Å². The van der Waals surface area contributed by atoms with Crippen LogP contribution in [0.2, 0.25) is 0 Å². The highest BCUT2D eigenvalue weighted by molar-refractivity contribution is 5.91. The van der Waals surface area contributed by atoms with Crippen LogP contribution < -0.4 is 4.74 Å². The Bertz CT molecular complexity index is 747. The van der Waals surface area contributed by atoms with Gasteiger partial charge in [0.05, 0.1) is 17.2 Å². The first kappa shape index (κ1) is 17.7. The summed E-state index contributed by atoms with van der Waals surface area (Å²) in [4.78, 5) is 12.1. The van der Waals surface area contributed by atoms with Gasteiger partial charge in [-0.3, -0.25) is 0 Å². The molecule has 0 fully saturated rings. The molecular formula is C20H20FNO2. The Hall–Kier alpha value is -2.67. The van der Waals surface area contributed by atoms with Gasteiger partial charge in [0.25, 0.3) is 0 Å². The summed E-state index contributed by atoms with van der Waals surface area (Å²) in [7, 11) is 0. The number of carbonyl (C=O) groups excluding carboxylic acids is 1. The highest BCUT2D eigenvalue weighted by Crippen LogP contribution is 2.24. The van der Waals surface area contributed by atoms with Gasteiger partial charge in [-0.25, -0.2) is 9.18 Å². The standard InChI is InChI=1S/C20H20FNO2/c1-3-4-5-14(2)16-8-11-18(19(21)12-16)20(23)24-17-9-6-15(13-22)7-10-17/h6-12,14H,3-5H2,1-2H3. The number of nitriles is 1. The minimum atomic E-state index is -0.745. The van der Waals surface area contributed by atoms with Crippen LogP contribution in [-0.2, 0) is 0 Å². The van der Waals surface area contributed by atoms with Gasteiger partial charge in [-0.05, 0) is 54.3 Å². The molecule has 2 aromatic carbocycles. The molecule has 0 aromatic heterocycles. The largest absolute Gasteiger partial charge is 0.423 e. The highest BCUT2D eigenvalue weighted by Gasteiger charge is 2.16. The minimum Gasteiger partial charge on any atom is -0.423 e. The number of ether oxygens (including phenoxy) is 1. The number of hydrogen-bond acceptors (Lipinski definition) is 3. The van der Waals surface area contributed by atoms with Crippen molar-refractivity contribution in [3.63, 3.8) is 0 Å². The molecule has 0 N–H and O–H groups in total. The molecule has 0 saturated heterocycles. The van der Waals surface area contributed by atoms with Crippen LogP contribution in [-0.4, -0.2) is 5.97 Å². The van der Waals surface area contributed by atoms with E-state index in [0.29, 0.717) is 5.56 Å². The number of esters is 1. The molecule has 4 heteroatoms. The monoisotopic (exact) mass is 325 g/mol. The van der Waals surface area contributed by atoms with Crippen molar-refractivity contribution in [2.45, 2.75) is 39.0 Å². The van der Waals surface area contributed by atoms with E-state index >= 15 is 0 Å². The lowest BCUT2D eigenvalue weighted by atomic mass is 9.94. The van der Waals surface area contributed by atoms with Crippen LogP contribution in [0.3, 0.4) is 0 Å². The summed E-state index contributed by atoms with van der Waals surface area (Å²) in [6.07, 6.45) is 3.18. The third kappa shape index (κ3) is 4.42. The molecule has 0 spiro atoms. The van der Waals surface area contributed by atoms with E-state index in [1.807, 2.05) is 6.07 Å². The molecule has 0 aliphatic rings. The molecule has 0 saturated carbocycles. The molecule has 1 atom stereocenters. The van der Waals surface area contributed by atoms with Crippen molar-refractivity contribution in [2.75, 3.05) is 0 Å². The predicted molar refractivity (Wildman–Crippen MR) is 90.5 cm³/mol. The molecular weight excluding hydrogens is 305 g/mol. The van der Waals surface area contributed by atoms with Crippen molar-refractivity contribution >= 4 is 5.97 Å². The third-order valence-electron chi connectivity index (χ3n) is 3.97. The maximum Gasteiger partial charge on any atom is 0.346 e. The fourth-order valence-electron chi connectivity index (χ4n) is 2.44. The summed E-state index contributed by atoms with van der Waals surface area (Å²) in [6, 6.07) is 12.7. The van der Waals surface area contributed by atoms with Gasteiger partial charge in [-0.2, -0.15) is 5.26 Å². The second kappa shape index (κ2) is 8.26. The highest BCUT2D eigenvalue weighted by atomic mass is 19.1. The van der Waals surface area contributed by atoms with Crippen LogP contribution in [0.15, 0.2) is 42.5 Å². The van der Waals surface area contributed by atoms with Gasteiger partial charge in [0.1, 0.15) is 11.6 Å². The zero-order chi connectivity index (χ0) is 17.5. The van der Waals surface area contributed by atoms with Crippen molar-refractivity contribution in [2.24, 2.45) is 0 Å². The number of benzene rings is 2. The summed E-state index contributed by atoms with van der Waals surface area (Å²) >= 11 is 0. The van der Waals surface area contributed by atoms with Crippen molar-refractivity contribution < 1.29 is 13.9 Å². The van der Waals surface area contributed by atoms with Gasteiger partial charge in [0.2, 0.25) is 0 Å². The summed E-state index contributed by atoms with van der Waals surface area (Å²) in [6.45, 7) is 4.18. The number of unbranched alkanes of at least 4 members (excludes halogenated alkanes) is 1. The van der Waals surface area contributed by atoms with Crippen molar-refractivity contribution in [1.29, 1.82) is 5.26 Å². The smallest absolute Gasteiger partial charge is 0.346 e. The lowest BCUT2D eigenvalue weighted by molar-refractivity contribution is 0.0730. The second-order valence-electron chi connectivity index (χ2n) is 5.81. The van der Waals surface area contributed by atoms with E-state index in [0.717, 1.165) is 24.8 Å². The molecule has 2 aromatic rings. The van der Waals surface area contributed by atoms with E-state index < -0.39 is 11.8 Å². The fraction of sp³-hybridized carbons (Fsp3) is 0.300. The first-order valence-corrected chi connectivity index (χ1v) is 8.07. The lowest BCUT2D eigenvalue weighted by Crippen LogP contribution is -2.11. The maximum absolute atomic E-state index is 14.3. The molecule has 124 valence electrons. The first-order chi connectivity index (χ1) is 11.5. The predicted octanol–water partition coefficient (Wildman–Crippen LogP) is 5.21. The molecule has 0 aliphatic heterocycles. The molecule has 0 radical (unpaired) electrons. The van der Waals surface area contributed by atoms with Crippen molar-refractivity contribution in [3.05, 3.63) is 65.0 Å². The second-order valence-corrected chi connectivity index (χ2v) is 5.81. The van der Waals surface area contributed by atoms with E-state index in [4.69, 9.17) is 10.00 Å². The molecule has 24 heavy (non-hydrogen) atoms. The Kier molecular flexibility index (Phi) is 6.08. The van der Waals surface area contributed by atoms with Crippen molar-refractivity contribution in [3.8, 4) is 11.8 Å². The van der Waals surface area contributed by atoms with E-state index in [-0.39, 0.29) is 17.2 Å². The minimum absolute atomic E-state index is 0.0919. The van der Waals surface area contributed by atoms with Gasteiger partial charge in [-0.15, -0.1) is 0 Å². The average Bonchev–Trinajstić information content (AvgIpc) is 2.60. The Morgan fingerprint density at radius 1 is 1.25 bits per heavy atom. The SMILES string of the molecule is CCCCC(C)c1ccc(C(=O)Oc2ccc(C#N)cc2)c(F)c1. The van der Waals surface area contributed by atoms with E-state index in [1.165, 1.54) is 36.4 Å². The molecule has 0 amide bonds. The Balaban J connectivity index is 2.10. The number of carbonyl (C=O) groups is 1. The molecule has 3 nitrogen and oxygen atoms in total.